The highest BCUT2D eigenvalue weighted by molar-refractivity contribution is 6.36. The molecule has 4 aliphatic heterocycles. The van der Waals surface area contributed by atoms with E-state index in [1.807, 2.05) is 36.4 Å². The molecule has 2 bridgehead atoms. The summed E-state index contributed by atoms with van der Waals surface area (Å²) >= 11 is 6.65. The zero-order chi connectivity index (χ0) is 30.8. The standard InChI is InChI=1S/C37H36ClFN6O.2ClH/c38-30-12-5-10-24-9-4-11-28(31(24)30)33-32(39)34-29(18-40-33)35(44-20-26-13-14-27(21-44)41-26)43-36(42-34)46-22-37-15-6-16-45(37)19-25(17-37)23-7-2-1-3-8-23;;/h1-5,7-12,18,25-27,41H,6,13-17,19-22H2;2*1H/t25?,26-,27+,37?;;. The molecule has 5 aromatic rings. The van der Waals surface area contributed by atoms with Crippen molar-refractivity contribution in [3.8, 4) is 17.3 Å². The number of aromatic nitrogens is 3. The molecule has 3 aromatic carbocycles. The van der Waals surface area contributed by atoms with Crippen LogP contribution in [0.15, 0.2) is 72.9 Å². The summed E-state index contributed by atoms with van der Waals surface area (Å²) in [5, 5.41) is 6.57. The molecular weight excluding hydrogens is 670 g/mol. The Morgan fingerprint density at radius 2 is 1.71 bits per heavy atom. The van der Waals surface area contributed by atoms with Gasteiger partial charge in [-0.1, -0.05) is 72.3 Å². The number of halogens is 4. The van der Waals surface area contributed by atoms with Crippen LogP contribution >= 0.6 is 36.4 Å². The molecule has 0 aliphatic carbocycles. The first-order valence-electron chi connectivity index (χ1n) is 16.5. The van der Waals surface area contributed by atoms with E-state index in [-0.39, 0.29) is 47.6 Å². The van der Waals surface area contributed by atoms with Crippen LogP contribution in [0.1, 0.15) is 43.6 Å². The van der Waals surface area contributed by atoms with Crippen molar-refractivity contribution in [1.29, 1.82) is 0 Å². The van der Waals surface area contributed by atoms with E-state index in [4.69, 9.17) is 31.3 Å². The Kier molecular flexibility index (Phi) is 9.15. The molecule has 0 radical (unpaired) electrons. The predicted molar refractivity (Wildman–Crippen MR) is 195 cm³/mol. The summed E-state index contributed by atoms with van der Waals surface area (Å²) in [7, 11) is 0. The van der Waals surface area contributed by atoms with Crippen LogP contribution in [-0.4, -0.2) is 70.3 Å². The van der Waals surface area contributed by atoms with Crippen LogP contribution in [0.4, 0.5) is 10.2 Å². The SMILES string of the molecule is Cl.Cl.Fc1c(-c2cccc3cccc(Cl)c23)ncc2c(N3C[C@H]4CC[C@@H](C3)N4)nc(OCC34CCCN3CC(c3ccccc3)C4)nc12. The number of nitrogens with one attached hydrogen (secondary N) is 1. The lowest BCUT2D eigenvalue weighted by molar-refractivity contribution is 0.108. The second-order valence-electron chi connectivity index (χ2n) is 13.6. The lowest BCUT2D eigenvalue weighted by Gasteiger charge is -2.34. The Balaban J connectivity index is 0.00000182. The van der Waals surface area contributed by atoms with E-state index in [1.54, 1.807) is 6.20 Å². The summed E-state index contributed by atoms with van der Waals surface area (Å²) in [6, 6.07) is 23.3. The Labute approximate surface area is 297 Å². The van der Waals surface area contributed by atoms with Gasteiger partial charge in [-0.15, -0.1) is 24.8 Å². The second-order valence-corrected chi connectivity index (χ2v) is 14.0. The molecule has 1 N–H and O–H groups in total. The van der Waals surface area contributed by atoms with Crippen LogP contribution in [0.25, 0.3) is 32.9 Å². The number of anilines is 1. The summed E-state index contributed by atoms with van der Waals surface area (Å²) < 4.78 is 23.4. The normalized spacial score (nSPS) is 24.8. The number of hydrogen-bond donors (Lipinski definition) is 1. The molecule has 250 valence electrons. The summed E-state index contributed by atoms with van der Waals surface area (Å²) in [5.74, 6) is 0.678. The van der Waals surface area contributed by atoms with Gasteiger partial charge in [0.25, 0.3) is 0 Å². The van der Waals surface area contributed by atoms with Gasteiger partial charge in [-0.05, 0) is 61.6 Å². The fourth-order valence-corrected chi connectivity index (χ4v) is 8.93. The monoisotopic (exact) mass is 706 g/mol. The van der Waals surface area contributed by atoms with Crippen molar-refractivity contribution in [2.45, 2.75) is 55.6 Å². The molecule has 0 saturated carbocycles. The van der Waals surface area contributed by atoms with Gasteiger partial charge >= 0.3 is 6.01 Å². The van der Waals surface area contributed by atoms with E-state index in [0.717, 1.165) is 69.1 Å². The topological polar surface area (TPSA) is 66.4 Å². The fraction of sp³-hybridized carbons (Fsp3) is 0.378. The van der Waals surface area contributed by atoms with E-state index in [0.29, 0.717) is 46.4 Å². The molecule has 0 spiro atoms. The van der Waals surface area contributed by atoms with Crippen LogP contribution in [0.2, 0.25) is 5.02 Å². The average molecular weight is 708 g/mol. The molecular formula is C37H38Cl3FN6O. The van der Waals surface area contributed by atoms with E-state index in [1.165, 1.54) is 5.56 Å². The highest BCUT2D eigenvalue weighted by Gasteiger charge is 2.49. The molecule has 4 atom stereocenters. The van der Waals surface area contributed by atoms with Gasteiger partial charge in [0.1, 0.15) is 23.6 Å². The number of fused-ring (bicyclic) bond motifs is 5. The van der Waals surface area contributed by atoms with Gasteiger partial charge in [0.2, 0.25) is 0 Å². The van der Waals surface area contributed by atoms with E-state index in [2.05, 4.69) is 45.4 Å². The average Bonchev–Trinajstić information content (AvgIpc) is 3.75. The highest BCUT2D eigenvalue weighted by atomic mass is 35.5. The summed E-state index contributed by atoms with van der Waals surface area (Å²) in [5.41, 5.74) is 2.40. The number of pyridine rings is 1. The minimum Gasteiger partial charge on any atom is -0.461 e. The molecule has 9 rings (SSSR count). The second kappa shape index (κ2) is 13.2. The molecule has 48 heavy (non-hydrogen) atoms. The minimum atomic E-state index is -0.484. The third kappa shape index (κ3) is 5.65. The fourth-order valence-electron chi connectivity index (χ4n) is 8.65. The Morgan fingerprint density at radius 3 is 2.50 bits per heavy atom. The first kappa shape index (κ1) is 33.2. The molecule has 11 heteroatoms. The number of rotatable bonds is 6. The van der Waals surface area contributed by atoms with E-state index >= 15 is 4.39 Å². The summed E-state index contributed by atoms with van der Waals surface area (Å²) in [4.78, 5) is 19.3. The van der Waals surface area contributed by atoms with E-state index < -0.39 is 5.82 Å². The van der Waals surface area contributed by atoms with Gasteiger partial charge in [0.15, 0.2) is 5.82 Å². The largest absolute Gasteiger partial charge is 0.461 e. The van der Waals surface area contributed by atoms with Crippen molar-refractivity contribution < 1.29 is 9.13 Å². The molecule has 4 saturated heterocycles. The minimum absolute atomic E-state index is 0. The Morgan fingerprint density at radius 1 is 0.938 bits per heavy atom. The highest BCUT2D eigenvalue weighted by Crippen LogP contribution is 2.46. The molecule has 6 heterocycles. The summed E-state index contributed by atoms with van der Waals surface area (Å²) in [6.07, 6.45) is 7.24. The number of piperazine rings is 1. The molecule has 4 fully saturated rings. The smallest absolute Gasteiger partial charge is 0.319 e. The van der Waals surface area contributed by atoms with Gasteiger partial charge in [-0.2, -0.15) is 9.97 Å². The van der Waals surface area contributed by atoms with Gasteiger partial charge < -0.3 is 15.0 Å². The van der Waals surface area contributed by atoms with Crippen molar-refractivity contribution in [3.63, 3.8) is 0 Å². The quantitative estimate of drug-likeness (QED) is 0.193. The number of benzene rings is 3. The van der Waals surface area contributed by atoms with Crippen molar-refractivity contribution in [1.82, 2.24) is 25.2 Å². The van der Waals surface area contributed by atoms with Crippen molar-refractivity contribution >= 4 is 63.9 Å². The molecule has 2 unspecified atom stereocenters. The van der Waals surface area contributed by atoms with Crippen molar-refractivity contribution in [2.24, 2.45) is 0 Å². The molecule has 7 nitrogen and oxygen atoms in total. The van der Waals surface area contributed by atoms with Crippen molar-refractivity contribution in [3.05, 3.63) is 89.3 Å². The van der Waals surface area contributed by atoms with Gasteiger partial charge in [-0.25, -0.2) is 4.39 Å². The predicted octanol–water partition coefficient (Wildman–Crippen LogP) is 7.82. The number of hydrogen-bond acceptors (Lipinski definition) is 7. The van der Waals surface area contributed by atoms with Gasteiger partial charge in [-0.3, -0.25) is 9.88 Å². The zero-order valence-electron chi connectivity index (χ0n) is 26.4. The zero-order valence-corrected chi connectivity index (χ0v) is 28.8. The maximum Gasteiger partial charge on any atom is 0.319 e. The maximum atomic E-state index is 16.8. The first-order valence-corrected chi connectivity index (χ1v) is 16.9. The van der Waals surface area contributed by atoms with Crippen molar-refractivity contribution in [2.75, 3.05) is 37.7 Å². The first-order chi connectivity index (χ1) is 22.5. The van der Waals surface area contributed by atoms with E-state index in [9.17, 15) is 0 Å². The number of nitrogens with zero attached hydrogens (tertiary/aromatic N) is 5. The van der Waals surface area contributed by atoms with Gasteiger partial charge in [0.05, 0.1) is 10.9 Å². The van der Waals surface area contributed by atoms with Crippen LogP contribution < -0.4 is 15.0 Å². The van der Waals surface area contributed by atoms with Crippen LogP contribution in [0, 0.1) is 5.82 Å². The van der Waals surface area contributed by atoms with Crippen LogP contribution in [0.5, 0.6) is 6.01 Å². The third-order valence-corrected chi connectivity index (χ3v) is 11.1. The number of ether oxygens (including phenoxy) is 1. The van der Waals surface area contributed by atoms with Gasteiger partial charge in [0, 0.05) is 53.9 Å². The lowest BCUT2D eigenvalue weighted by Crippen LogP contribution is -2.51. The van der Waals surface area contributed by atoms with Crippen LogP contribution in [0.3, 0.4) is 0 Å². The maximum absolute atomic E-state index is 16.8. The van der Waals surface area contributed by atoms with Crippen LogP contribution in [-0.2, 0) is 0 Å². The molecule has 2 aromatic heterocycles. The molecule has 0 amide bonds. The Bertz CT molecular complexity index is 1950. The third-order valence-electron chi connectivity index (χ3n) is 10.8. The summed E-state index contributed by atoms with van der Waals surface area (Å²) in [6.45, 7) is 4.18. The lowest BCUT2D eigenvalue weighted by atomic mass is 9.87. The molecule has 4 aliphatic rings. The Hall–Kier alpha value is -3.27.